The highest BCUT2D eigenvalue weighted by Gasteiger charge is 2.21. The molecule has 146 valence electrons. The molecule has 5 heteroatoms. The number of ether oxygens (including phenoxy) is 1. The van der Waals surface area contributed by atoms with E-state index in [1.807, 2.05) is 31.3 Å². The minimum atomic E-state index is 0.192. The van der Waals surface area contributed by atoms with Gasteiger partial charge in [0.15, 0.2) is 11.5 Å². The van der Waals surface area contributed by atoms with Crippen LogP contribution in [0, 0.1) is 6.92 Å². The molecule has 3 heterocycles. The lowest BCUT2D eigenvalue weighted by Gasteiger charge is -2.21. The van der Waals surface area contributed by atoms with E-state index in [0.29, 0.717) is 18.3 Å². The van der Waals surface area contributed by atoms with E-state index in [9.17, 15) is 5.11 Å². The summed E-state index contributed by atoms with van der Waals surface area (Å²) in [5.41, 5.74) is 2.95. The molecule has 1 aliphatic rings. The Morgan fingerprint density at radius 2 is 2.11 bits per heavy atom. The van der Waals surface area contributed by atoms with E-state index in [-0.39, 0.29) is 5.75 Å². The maximum atomic E-state index is 10.5. The zero-order valence-corrected chi connectivity index (χ0v) is 16.4. The number of aromatic hydroxyl groups is 1. The van der Waals surface area contributed by atoms with Crippen LogP contribution in [0.5, 0.6) is 11.5 Å². The van der Waals surface area contributed by atoms with Gasteiger partial charge in [0.1, 0.15) is 18.1 Å². The lowest BCUT2D eigenvalue weighted by atomic mass is 10.0. The first-order valence-corrected chi connectivity index (χ1v) is 9.78. The standard InChI is InChI=1S/C23H26N2O3/c1-16(22-6-5-17(2)28-22)7-9-25-10-11-27-23-20(15-25)12-19(13-21(23)26)18-4-3-8-24-14-18/h3-6,8,12-14,16,26H,7,9-11,15H2,1-2H3/t16-/m1/s1. The van der Waals surface area contributed by atoms with E-state index in [1.54, 1.807) is 12.3 Å². The minimum Gasteiger partial charge on any atom is -0.504 e. The van der Waals surface area contributed by atoms with Gasteiger partial charge < -0.3 is 14.3 Å². The van der Waals surface area contributed by atoms with Crippen molar-refractivity contribution in [2.45, 2.75) is 32.7 Å². The number of fused-ring (bicyclic) bond motifs is 1. The Morgan fingerprint density at radius 1 is 1.21 bits per heavy atom. The maximum absolute atomic E-state index is 10.5. The Hall–Kier alpha value is -2.79. The van der Waals surface area contributed by atoms with Crippen molar-refractivity contribution >= 4 is 0 Å². The third-order valence-corrected chi connectivity index (χ3v) is 5.31. The van der Waals surface area contributed by atoms with Gasteiger partial charge in [-0.15, -0.1) is 0 Å². The van der Waals surface area contributed by atoms with Gasteiger partial charge in [-0.2, -0.15) is 0 Å². The molecule has 2 aromatic heterocycles. The summed E-state index contributed by atoms with van der Waals surface area (Å²) in [6.07, 6.45) is 4.57. The molecular weight excluding hydrogens is 352 g/mol. The number of rotatable bonds is 5. The largest absolute Gasteiger partial charge is 0.504 e. The number of phenolic OH excluding ortho intramolecular Hbond substituents is 1. The van der Waals surface area contributed by atoms with Crippen LogP contribution in [-0.4, -0.2) is 34.7 Å². The quantitative estimate of drug-likeness (QED) is 0.695. The van der Waals surface area contributed by atoms with Gasteiger partial charge in [0, 0.05) is 42.5 Å². The number of phenols is 1. The zero-order chi connectivity index (χ0) is 19.5. The summed E-state index contributed by atoms with van der Waals surface area (Å²) >= 11 is 0. The molecule has 0 bridgehead atoms. The molecule has 4 rings (SSSR count). The smallest absolute Gasteiger partial charge is 0.165 e. The Kier molecular flexibility index (Phi) is 5.35. The summed E-state index contributed by atoms with van der Waals surface area (Å²) in [7, 11) is 0. The van der Waals surface area contributed by atoms with Crippen molar-refractivity contribution in [3.05, 3.63) is 65.9 Å². The van der Waals surface area contributed by atoms with Crippen molar-refractivity contribution in [2.75, 3.05) is 19.7 Å². The first kappa shape index (κ1) is 18.6. The van der Waals surface area contributed by atoms with Crippen LogP contribution in [0.15, 0.2) is 53.2 Å². The second-order valence-corrected chi connectivity index (χ2v) is 7.49. The number of pyridine rings is 1. The van der Waals surface area contributed by atoms with Crippen LogP contribution in [0.2, 0.25) is 0 Å². The third-order valence-electron chi connectivity index (χ3n) is 5.31. The first-order valence-electron chi connectivity index (χ1n) is 9.78. The van der Waals surface area contributed by atoms with Crippen molar-refractivity contribution in [1.82, 2.24) is 9.88 Å². The number of benzene rings is 1. The van der Waals surface area contributed by atoms with Gasteiger partial charge >= 0.3 is 0 Å². The minimum absolute atomic E-state index is 0.192. The van der Waals surface area contributed by atoms with Crippen molar-refractivity contribution in [3.8, 4) is 22.6 Å². The molecule has 1 N–H and O–H groups in total. The fraction of sp³-hybridized carbons (Fsp3) is 0.348. The van der Waals surface area contributed by atoms with Crippen molar-refractivity contribution in [3.63, 3.8) is 0 Å². The fourth-order valence-electron chi connectivity index (χ4n) is 3.68. The van der Waals surface area contributed by atoms with Crippen molar-refractivity contribution < 1.29 is 14.3 Å². The normalized spacial score (nSPS) is 15.5. The number of nitrogens with zero attached hydrogens (tertiary/aromatic N) is 2. The summed E-state index contributed by atoms with van der Waals surface area (Å²) in [5.74, 6) is 3.16. The number of hydrogen-bond donors (Lipinski definition) is 1. The van der Waals surface area contributed by atoms with Gasteiger partial charge in [0.25, 0.3) is 0 Å². The van der Waals surface area contributed by atoms with Crippen molar-refractivity contribution in [2.24, 2.45) is 0 Å². The van der Waals surface area contributed by atoms with Crippen LogP contribution < -0.4 is 4.74 Å². The molecule has 0 amide bonds. The zero-order valence-electron chi connectivity index (χ0n) is 16.4. The molecule has 0 saturated heterocycles. The summed E-state index contributed by atoms with van der Waals surface area (Å²) in [6, 6.07) is 11.8. The SMILES string of the molecule is Cc1ccc([C@H](C)CCN2CCOc3c(O)cc(-c4cccnc4)cc3C2)o1. The predicted octanol–water partition coefficient (Wildman–Crippen LogP) is 4.74. The molecule has 5 nitrogen and oxygen atoms in total. The van der Waals surface area contributed by atoms with Crippen LogP contribution in [-0.2, 0) is 6.54 Å². The summed E-state index contributed by atoms with van der Waals surface area (Å²) in [4.78, 5) is 6.56. The topological polar surface area (TPSA) is 58.7 Å². The van der Waals surface area contributed by atoms with Crippen LogP contribution in [0.4, 0.5) is 0 Å². The average Bonchev–Trinajstić information content (AvgIpc) is 3.03. The molecule has 1 aromatic carbocycles. The third kappa shape index (κ3) is 4.04. The van der Waals surface area contributed by atoms with E-state index in [0.717, 1.165) is 54.3 Å². The van der Waals surface area contributed by atoms with Gasteiger partial charge in [-0.3, -0.25) is 9.88 Å². The van der Waals surface area contributed by atoms with Gasteiger partial charge in [-0.05, 0) is 55.8 Å². The number of hydrogen-bond acceptors (Lipinski definition) is 5. The molecule has 0 radical (unpaired) electrons. The number of aromatic nitrogens is 1. The van der Waals surface area contributed by atoms with E-state index in [4.69, 9.17) is 9.15 Å². The van der Waals surface area contributed by atoms with Crippen LogP contribution in [0.3, 0.4) is 0 Å². The Bertz CT molecular complexity index is 936. The monoisotopic (exact) mass is 378 g/mol. The Balaban J connectivity index is 1.50. The van der Waals surface area contributed by atoms with Crippen LogP contribution >= 0.6 is 0 Å². The second kappa shape index (κ2) is 8.07. The maximum Gasteiger partial charge on any atom is 0.165 e. The van der Waals surface area contributed by atoms with E-state index >= 15 is 0 Å². The summed E-state index contributed by atoms with van der Waals surface area (Å²) in [6.45, 7) is 7.28. The van der Waals surface area contributed by atoms with Crippen LogP contribution in [0.25, 0.3) is 11.1 Å². The molecular formula is C23H26N2O3. The fourth-order valence-corrected chi connectivity index (χ4v) is 3.68. The van der Waals surface area contributed by atoms with E-state index < -0.39 is 0 Å². The molecule has 3 aromatic rings. The molecule has 1 atom stereocenters. The van der Waals surface area contributed by atoms with Gasteiger partial charge in [0.2, 0.25) is 0 Å². The lowest BCUT2D eigenvalue weighted by Crippen LogP contribution is -2.27. The highest BCUT2D eigenvalue weighted by Crippen LogP contribution is 2.37. The molecule has 0 saturated carbocycles. The first-order chi connectivity index (χ1) is 13.6. The number of furan rings is 1. The van der Waals surface area contributed by atoms with Crippen molar-refractivity contribution in [1.29, 1.82) is 0 Å². The second-order valence-electron chi connectivity index (χ2n) is 7.49. The highest BCUT2D eigenvalue weighted by molar-refractivity contribution is 5.68. The molecule has 28 heavy (non-hydrogen) atoms. The highest BCUT2D eigenvalue weighted by atomic mass is 16.5. The molecule has 1 aliphatic heterocycles. The van der Waals surface area contributed by atoms with E-state index in [2.05, 4.69) is 28.9 Å². The summed E-state index contributed by atoms with van der Waals surface area (Å²) < 4.78 is 11.6. The molecule has 0 spiro atoms. The Labute approximate surface area is 165 Å². The lowest BCUT2D eigenvalue weighted by molar-refractivity contribution is 0.216. The molecule has 0 aliphatic carbocycles. The van der Waals surface area contributed by atoms with E-state index in [1.165, 1.54) is 0 Å². The van der Waals surface area contributed by atoms with Gasteiger partial charge in [-0.25, -0.2) is 0 Å². The average molecular weight is 378 g/mol. The summed E-state index contributed by atoms with van der Waals surface area (Å²) in [5, 5.41) is 10.5. The molecule has 0 fully saturated rings. The van der Waals surface area contributed by atoms with Crippen LogP contribution in [0.1, 0.15) is 36.3 Å². The predicted molar refractivity (Wildman–Crippen MR) is 109 cm³/mol. The number of aryl methyl sites for hydroxylation is 1. The Morgan fingerprint density at radius 3 is 2.86 bits per heavy atom. The molecule has 0 unspecified atom stereocenters. The van der Waals surface area contributed by atoms with Gasteiger partial charge in [-0.1, -0.05) is 13.0 Å². The van der Waals surface area contributed by atoms with Gasteiger partial charge in [0.05, 0.1) is 0 Å².